The SMILES string of the molecule is COC(=O)[C@H](Cc1c[nH]c2ccc(O)cc12)NC(C)=O. The summed E-state index contributed by atoms with van der Waals surface area (Å²) in [7, 11) is 1.28. The Labute approximate surface area is 115 Å². The van der Waals surface area contributed by atoms with Crippen LogP contribution in [0.4, 0.5) is 0 Å². The topological polar surface area (TPSA) is 91.4 Å². The Balaban J connectivity index is 2.30. The summed E-state index contributed by atoms with van der Waals surface area (Å²) < 4.78 is 4.68. The van der Waals surface area contributed by atoms with Gasteiger partial charge < -0.3 is 20.1 Å². The normalized spacial score (nSPS) is 12.1. The fourth-order valence-electron chi connectivity index (χ4n) is 2.14. The highest BCUT2D eigenvalue weighted by Gasteiger charge is 2.22. The molecule has 0 radical (unpaired) electrons. The molecular weight excluding hydrogens is 260 g/mol. The highest BCUT2D eigenvalue weighted by molar-refractivity contribution is 5.87. The van der Waals surface area contributed by atoms with Crippen LogP contribution in [0.2, 0.25) is 0 Å². The van der Waals surface area contributed by atoms with Gasteiger partial charge in [0.1, 0.15) is 11.8 Å². The molecule has 1 aromatic carbocycles. The van der Waals surface area contributed by atoms with Gasteiger partial charge in [-0.3, -0.25) is 4.79 Å². The summed E-state index contributed by atoms with van der Waals surface area (Å²) in [6.45, 7) is 1.34. The lowest BCUT2D eigenvalue weighted by Gasteiger charge is -2.14. The number of aromatic amines is 1. The van der Waals surface area contributed by atoms with E-state index in [2.05, 4.69) is 15.0 Å². The average molecular weight is 276 g/mol. The minimum atomic E-state index is -0.751. The first kappa shape index (κ1) is 13.9. The number of amides is 1. The molecule has 0 saturated heterocycles. The summed E-state index contributed by atoms with van der Waals surface area (Å²) in [5, 5.41) is 12.9. The molecule has 0 saturated carbocycles. The summed E-state index contributed by atoms with van der Waals surface area (Å²) in [6, 6.07) is 4.19. The molecule has 0 aliphatic carbocycles. The minimum Gasteiger partial charge on any atom is -0.508 e. The highest BCUT2D eigenvalue weighted by atomic mass is 16.5. The Morgan fingerprint density at radius 3 is 2.85 bits per heavy atom. The van der Waals surface area contributed by atoms with Crippen LogP contribution in [0.15, 0.2) is 24.4 Å². The molecule has 20 heavy (non-hydrogen) atoms. The number of hydrogen-bond acceptors (Lipinski definition) is 4. The number of phenolic OH excluding ortho intramolecular Hbond substituents is 1. The van der Waals surface area contributed by atoms with Gasteiger partial charge in [-0.1, -0.05) is 0 Å². The third-order valence-corrected chi connectivity index (χ3v) is 3.04. The molecule has 0 unspecified atom stereocenters. The van der Waals surface area contributed by atoms with Crippen molar-refractivity contribution in [1.29, 1.82) is 0 Å². The number of carbonyl (C=O) groups excluding carboxylic acids is 2. The molecule has 0 fully saturated rings. The van der Waals surface area contributed by atoms with Crippen LogP contribution in [-0.4, -0.2) is 35.1 Å². The summed E-state index contributed by atoms with van der Waals surface area (Å²) in [5.74, 6) is -0.662. The van der Waals surface area contributed by atoms with Crippen molar-refractivity contribution in [2.24, 2.45) is 0 Å². The molecule has 2 rings (SSSR count). The van der Waals surface area contributed by atoms with E-state index < -0.39 is 12.0 Å². The number of nitrogens with one attached hydrogen (secondary N) is 2. The quantitative estimate of drug-likeness (QED) is 0.729. The van der Waals surface area contributed by atoms with Gasteiger partial charge in [0.25, 0.3) is 0 Å². The number of aromatic hydroxyl groups is 1. The maximum absolute atomic E-state index is 11.7. The molecule has 0 spiro atoms. The van der Waals surface area contributed by atoms with Crippen molar-refractivity contribution >= 4 is 22.8 Å². The molecule has 1 aromatic heterocycles. The van der Waals surface area contributed by atoms with Gasteiger partial charge >= 0.3 is 5.97 Å². The van der Waals surface area contributed by atoms with Crippen LogP contribution >= 0.6 is 0 Å². The molecular formula is C14H16N2O4. The lowest BCUT2D eigenvalue weighted by atomic mass is 10.0. The molecule has 1 heterocycles. The zero-order chi connectivity index (χ0) is 14.7. The molecule has 0 aliphatic rings. The Bertz CT molecular complexity index is 648. The van der Waals surface area contributed by atoms with E-state index in [1.807, 2.05) is 0 Å². The van der Waals surface area contributed by atoms with E-state index >= 15 is 0 Å². The van der Waals surface area contributed by atoms with Crippen LogP contribution in [0.1, 0.15) is 12.5 Å². The van der Waals surface area contributed by atoms with Gasteiger partial charge in [0, 0.05) is 30.4 Å². The summed E-state index contributed by atoms with van der Waals surface area (Å²) >= 11 is 0. The second-order valence-corrected chi connectivity index (χ2v) is 4.52. The second-order valence-electron chi connectivity index (χ2n) is 4.52. The Hall–Kier alpha value is -2.50. The van der Waals surface area contributed by atoms with Gasteiger partial charge in [0.15, 0.2) is 0 Å². The summed E-state index contributed by atoms with van der Waals surface area (Å²) in [4.78, 5) is 25.9. The lowest BCUT2D eigenvalue weighted by molar-refractivity contribution is -0.144. The Morgan fingerprint density at radius 2 is 2.20 bits per heavy atom. The lowest BCUT2D eigenvalue weighted by Crippen LogP contribution is -2.41. The second kappa shape index (κ2) is 5.64. The molecule has 6 heteroatoms. The van der Waals surface area contributed by atoms with Gasteiger partial charge in [-0.2, -0.15) is 0 Å². The van der Waals surface area contributed by atoms with E-state index in [1.54, 1.807) is 24.4 Å². The van der Waals surface area contributed by atoms with Gasteiger partial charge in [-0.15, -0.1) is 0 Å². The molecule has 1 amide bonds. The number of H-pyrrole nitrogens is 1. The molecule has 2 aromatic rings. The number of methoxy groups -OCH3 is 1. The van der Waals surface area contributed by atoms with Crippen molar-refractivity contribution in [3.63, 3.8) is 0 Å². The smallest absolute Gasteiger partial charge is 0.328 e. The maximum atomic E-state index is 11.7. The van der Waals surface area contributed by atoms with E-state index in [0.29, 0.717) is 0 Å². The number of aromatic nitrogens is 1. The fourth-order valence-corrected chi connectivity index (χ4v) is 2.14. The van der Waals surface area contributed by atoms with E-state index in [-0.39, 0.29) is 18.1 Å². The van der Waals surface area contributed by atoms with E-state index in [0.717, 1.165) is 16.5 Å². The zero-order valence-electron chi connectivity index (χ0n) is 11.3. The number of phenols is 1. The standard InChI is InChI=1S/C14H16N2O4/c1-8(17)16-13(14(19)20-2)5-9-7-15-12-4-3-10(18)6-11(9)12/h3-4,6-7,13,15,18H,5H2,1-2H3,(H,16,17)/t13-/m0/s1. The molecule has 1 atom stereocenters. The number of esters is 1. The summed E-state index contributed by atoms with van der Waals surface area (Å²) in [5.41, 5.74) is 1.67. The van der Waals surface area contributed by atoms with Crippen molar-refractivity contribution < 1.29 is 19.4 Å². The van der Waals surface area contributed by atoms with E-state index in [1.165, 1.54) is 14.0 Å². The molecule has 0 aliphatic heterocycles. The van der Waals surface area contributed by atoms with Crippen molar-refractivity contribution in [2.45, 2.75) is 19.4 Å². The predicted octanol–water partition coefficient (Wildman–Crippen LogP) is 1.09. The van der Waals surface area contributed by atoms with Crippen molar-refractivity contribution in [2.75, 3.05) is 7.11 Å². The number of rotatable bonds is 4. The summed E-state index contributed by atoms with van der Waals surface area (Å²) in [6.07, 6.45) is 2.04. The van der Waals surface area contributed by atoms with Crippen LogP contribution in [0.25, 0.3) is 10.9 Å². The maximum Gasteiger partial charge on any atom is 0.328 e. The molecule has 3 N–H and O–H groups in total. The van der Waals surface area contributed by atoms with E-state index in [4.69, 9.17) is 0 Å². The number of fused-ring (bicyclic) bond motifs is 1. The average Bonchev–Trinajstić information content (AvgIpc) is 2.79. The largest absolute Gasteiger partial charge is 0.508 e. The Morgan fingerprint density at radius 1 is 1.45 bits per heavy atom. The number of hydrogen-bond donors (Lipinski definition) is 3. The van der Waals surface area contributed by atoms with Gasteiger partial charge in [0.05, 0.1) is 7.11 Å². The van der Waals surface area contributed by atoms with Gasteiger partial charge in [-0.05, 0) is 23.8 Å². The van der Waals surface area contributed by atoms with E-state index in [9.17, 15) is 14.7 Å². The third kappa shape index (κ3) is 2.90. The fraction of sp³-hybridized carbons (Fsp3) is 0.286. The van der Waals surface area contributed by atoms with Crippen LogP contribution < -0.4 is 5.32 Å². The highest BCUT2D eigenvalue weighted by Crippen LogP contribution is 2.24. The van der Waals surface area contributed by atoms with Crippen LogP contribution in [0.5, 0.6) is 5.75 Å². The first-order valence-corrected chi connectivity index (χ1v) is 6.15. The number of benzene rings is 1. The third-order valence-electron chi connectivity index (χ3n) is 3.04. The van der Waals surface area contributed by atoms with Crippen molar-refractivity contribution in [3.8, 4) is 5.75 Å². The van der Waals surface area contributed by atoms with Crippen LogP contribution in [-0.2, 0) is 20.7 Å². The molecule has 106 valence electrons. The predicted molar refractivity (Wildman–Crippen MR) is 73.3 cm³/mol. The minimum absolute atomic E-state index is 0.146. The monoisotopic (exact) mass is 276 g/mol. The van der Waals surface area contributed by atoms with Gasteiger partial charge in [-0.25, -0.2) is 4.79 Å². The van der Waals surface area contributed by atoms with Gasteiger partial charge in [0.2, 0.25) is 5.91 Å². The van der Waals surface area contributed by atoms with Crippen molar-refractivity contribution in [3.05, 3.63) is 30.0 Å². The number of ether oxygens (including phenoxy) is 1. The first-order valence-electron chi connectivity index (χ1n) is 6.15. The van der Waals surface area contributed by atoms with Crippen LogP contribution in [0.3, 0.4) is 0 Å². The molecule has 0 bridgehead atoms. The molecule has 6 nitrogen and oxygen atoms in total. The first-order chi connectivity index (χ1) is 9.51. The number of carbonyl (C=O) groups is 2. The van der Waals surface area contributed by atoms with Crippen molar-refractivity contribution in [1.82, 2.24) is 10.3 Å². The van der Waals surface area contributed by atoms with Crippen LogP contribution in [0, 0.1) is 0 Å². The Kier molecular flexibility index (Phi) is 3.93. The zero-order valence-corrected chi connectivity index (χ0v) is 11.3.